The van der Waals surface area contributed by atoms with E-state index in [0.717, 1.165) is 30.6 Å². The van der Waals surface area contributed by atoms with Crippen molar-refractivity contribution < 1.29 is 4.79 Å². The number of aryl methyl sites for hydroxylation is 1. The molecule has 0 aliphatic rings. The van der Waals surface area contributed by atoms with Gasteiger partial charge in [-0.15, -0.1) is 0 Å². The normalized spacial score (nSPS) is 12.2. The van der Waals surface area contributed by atoms with E-state index >= 15 is 0 Å². The summed E-state index contributed by atoms with van der Waals surface area (Å²) < 4.78 is 0. The Morgan fingerprint density at radius 3 is 2.73 bits per heavy atom. The van der Waals surface area contributed by atoms with Gasteiger partial charge in [-0.1, -0.05) is 19.4 Å². The number of pyridine rings is 1. The summed E-state index contributed by atoms with van der Waals surface area (Å²) >= 11 is 0. The topological polar surface area (TPSA) is 33.2 Å². The molecule has 1 heterocycles. The molecule has 15 heavy (non-hydrogen) atoms. The first-order chi connectivity index (χ1) is 7.19. The van der Waals surface area contributed by atoms with Crippen molar-refractivity contribution in [1.82, 2.24) is 4.98 Å². The second-order valence-electron chi connectivity index (χ2n) is 3.84. The van der Waals surface area contributed by atoms with Crippen LogP contribution < -0.4 is 4.90 Å². The quantitative estimate of drug-likeness (QED) is 0.694. The fraction of sp³-hybridized carbons (Fsp3) is 0.500. The predicted molar refractivity (Wildman–Crippen MR) is 61.9 cm³/mol. The van der Waals surface area contributed by atoms with Crippen LogP contribution in [0.2, 0.25) is 0 Å². The molecule has 0 radical (unpaired) electrons. The molecule has 0 saturated heterocycles. The van der Waals surface area contributed by atoms with E-state index in [-0.39, 0.29) is 6.04 Å². The van der Waals surface area contributed by atoms with E-state index in [4.69, 9.17) is 0 Å². The van der Waals surface area contributed by atoms with Crippen LogP contribution >= 0.6 is 0 Å². The monoisotopic (exact) mass is 206 g/mol. The Balaban J connectivity index is 2.82. The summed E-state index contributed by atoms with van der Waals surface area (Å²) in [6, 6.07) is 4.07. The van der Waals surface area contributed by atoms with Gasteiger partial charge in [-0.25, -0.2) is 4.98 Å². The molecule has 1 aromatic heterocycles. The molecule has 0 bridgehead atoms. The van der Waals surface area contributed by atoms with E-state index in [1.54, 1.807) is 11.1 Å². The van der Waals surface area contributed by atoms with Gasteiger partial charge in [0.15, 0.2) is 0 Å². The highest BCUT2D eigenvalue weighted by molar-refractivity contribution is 5.73. The molecule has 1 unspecified atom stereocenters. The lowest BCUT2D eigenvalue weighted by Crippen LogP contribution is -2.32. The lowest BCUT2D eigenvalue weighted by molar-refractivity contribution is -0.107. The first-order valence-corrected chi connectivity index (χ1v) is 5.35. The Bertz CT molecular complexity index is 308. The number of carbonyl (C=O) groups excluding carboxylic acids is 1. The summed E-state index contributed by atoms with van der Waals surface area (Å²) in [6.45, 7) is 6.14. The van der Waals surface area contributed by atoms with Crippen LogP contribution in [-0.2, 0) is 4.79 Å². The van der Waals surface area contributed by atoms with E-state index < -0.39 is 0 Å². The molecule has 0 aliphatic heterocycles. The smallest absolute Gasteiger partial charge is 0.215 e. The summed E-state index contributed by atoms with van der Waals surface area (Å²) in [5, 5.41) is 0. The molecule has 3 nitrogen and oxygen atoms in total. The van der Waals surface area contributed by atoms with Crippen molar-refractivity contribution in [3.8, 4) is 0 Å². The highest BCUT2D eigenvalue weighted by Gasteiger charge is 2.13. The summed E-state index contributed by atoms with van der Waals surface area (Å²) in [5.74, 6) is 0.733. The van der Waals surface area contributed by atoms with Crippen LogP contribution in [0.15, 0.2) is 18.3 Å². The van der Waals surface area contributed by atoms with E-state index in [9.17, 15) is 4.79 Å². The van der Waals surface area contributed by atoms with Gasteiger partial charge in [-0.05, 0) is 31.9 Å². The number of hydrogen-bond donors (Lipinski definition) is 0. The molecule has 0 fully saturated rings. The molecule has 0 aromatic carbocycles. The molecule has 1 aromatic rings. The minimum atomic E-state index is 0.211. The van der Waals surface area contributed by atoms with Crippen molar-refractivity contribution in [2.45, 2.75) is 39.7 Å². The Kier molecular flexibility index (Phi) is 4.28. The van der Waals surface area contributed by atoms with Gasteiger partial charge < -0.3 is 0 Å². The lowest BCUT2D eigenvalue weighted by Gasteiger charge is -2.23. The van der Waals surface area contributed by atoms with Gasteiger partial charge in [-0.2, -0.15) is 0 Å². The van der Waals surface area contributed by atoms with Crippen molar-refractivity contribution in [2.24, 2.45) is 0 Å². The Hall–Kier alpha value is -1.38. The van der Waals surface area contributed by atoms with Crippen molar-refractivity contribution in [3.05, 3.63) is 23.9 Å². The molecule has 1 rings (SSSR count). The number of nitrogens with zero attached hydrogens (tertiary/aromatic N) is 2. The molecule has 82 valence electrons. The van der Waals surface area contributed by atoms with Crippen LogP contribution in [0.4, 0.5) is 5.82 Å². The first-order valence-electron chi connectivity index (χ1n) is 5.35. The Labute approximate surface area is 91.1 Å². The molecular weight excluding hydrogens is 188 g/mol. The number of carbonyl (C=O) groups is 1. The maximum absolute atomic E-state index is 11.0. The SMILES string of the molecule is CCCC(C)N(C=O)c1ccc(C)cn1. The third kappa shape index (κ3) is 3.05. The predicted octanol–water partition coefficient (Wildman–Crippen LogP) is 2.54. The van der Waals surface area contributed by atoms with Crippen molar-refractivity contribution in [2.75, 3.05) is 4.90 Å². The van der Waals surface area contributed by atoms with E-state index in [2.05, 4.69) is 11.9 Å². The van der Waals surface area contributed by atoms with Crippen LogP contribution in [0, 0.1) is 6.92 Å². The summed E-state index contributed by atoms with van der Waals surface area (Å²) in [4.78, 5) is 16.9. The molecule has 0 N–H and O–H groups in total. The van der Waals surface area contributed by atoms with E-state index in [1.807, 2.05) is 26.0 Å². The highest BCUT2D eigenvalue weighted by atomic mass is 16.1. The maximum atomic E-state index is 11.0. The van der Waals surface area contributed by atoms with Crippen molar-refractivity contribution in [1.29, 1.82) is 0 Å². The lowest BCUT2D eigenvalue weighted by atomic mass is 10.1. The Morgan fingerprint density at radius 1 is 1.53 bits per heavy atom. The zero-order valence-corrected chi connectivity index (χ0v) is 9.60. The van der Waals surface area contributed by atoms with Crippen molar-refractivity contribution >= 4 is 12.2 Å². The van der Waals surface area contributed by atoms with Crippen LogP contribution in [0.1, 0.15) is 32.3 Å². The van der Waals surface area contributed by atoms with Crippen LogP contribution in [0.3, 0.4) is 0 Å². The average molecular weight is 206 g/mol. The minimum absolute atomic E-state index is 0.211. The first kappa shape index (κ1) is 11.7. The van der Waals surface area contributed by atoms with Gasteiger partial charge in [0.2, 0.25) is 6.41 Å². The van der Waals surface area contributed by atoms with Gasteiger partial charge in [0.05, 0.1) is 0 Å². The van der Waals surface area contributed by atoms with Gasteiger partial charge in [0, 0.05) is 12.2 Å². The number of amides is 1. The van der Waals surface area contributed by atoms with Gasteiger partial charge in [-0.3, -0.25) is 9.69 Å². The molecule has 0 spiro atoms. The van der Waals surface area contributed by atoms with Crippen LogP contribution in [0.25, 0.3) is 0 Å². The second-order valence-corrected chi connectivity index (χ2v) is 3.84. The van der Waals surface area contributed by atoms with E-state index in [0.29, 0.717) is 0 Å². The molecule has 0 saturated carbocycles. The molecule has 1 atom stereocenters. The third-order valence-corrected chi connectivity index (χ3v) is 2.46. The van der Waals surface area contributed by atoms with E-state index in [1.165, 1.54) is 0 Å². The standard InChI is InChI=1S/C12H18N2O/c1-4-5-11(3)14(9-15)12-7-6-10(2)8-13-12/h6-9,11H,4-5H2,1-3H3. The summed E-state index contributed by atoms with van der Waals surface area (Å²) in [6.07, 6.45) is 4.70. The third-order valence-electron chi connectivity index (χ3n) is 2.46. The fourth-order valence-electron chi connectivity index (χ4n) is 1.55. The second kappa shape index (κ2) is 5.49. The average Bonchev–Trinajstić information content (AvgIpc) is 2.22. The number of aromatic nitrogens is 1. The molecule has 3 heteroatoms. The molecule has 0 aliphatic carbocycles. The van der Waals surface area contributed by atoms with Gasteiger partial charge >= 0.3 is 0 Å². The summed E-state index contributed by atoms with van der Waals surface area (Å²) in [7, 11) is 0. The maximum Gasteiger partial charge on any atom is 0.215 e. The summed E-state index contributed by atoms with van der Waals surface area (Å²) in [5.41, 5.74) is 1.10. The largest absolute Gasteiger partial charge is 0.297 e. The zero-order valence-electron chi connectivity index (χ0n) is 9.60. The minimum Gasteiger partial charge on any atom is -0.297 e. The van der Waals surface area contributed by atoms with Crippen molar-refractivity contribution in [3.63, 3.8) is 0 Å². The number of rotatable bonds is 5. The number of anilines is 1. The van der Waals surface area contributed by atoms with Gasteiger partial charge in [0.25, 0.3) is 0 Å². The van der Waals surface area contributed by atoms with Gasteiger partial charge in [0.1, 0.15) is 5.82 Å². The fourth-order valence-corrected chi connectivity index (χ4v) is 1.55. The highest BCUT2D eigenvalue weighted by Crippen LogP contribution is 2.15. The van der Waals surface area contributed by atoms with Crippen LogP contribution in [0.5, 0.6) is 0 Å². The molecule has 1 amide bonds. The van der Waals surface area contributed by atoms with Crippen LogP contribution in [-0.4, -0.2) is 17.4 Å². The zero-order chi connectivity index (χ0) is 11.3. The number of hydrogen-bond acceptors (Lipinski definition) is 2. The Morgan fingerprint density at radius 2 is 2.27 bits per heavy atom. The molecular formula is C12H18N2O.